The molecule has 8 heteroatoms. The number of furan rings is 1. The van der Waals surface area contributed by atoms with E-state index in [2.05, 4.69) is 15.6 Å². The number of nitrogens with zero attached hydrogens (tertiary/aromatic N) is 1. The highest BCUT2D eigenvalue weighted by molar-refractivity contribution is 7.13. The molecule has 0 radical (unpaired) electrons. The third kappa shape index (κ3) is 4.71. The van der Waals surface area contributed by atoms with Gasteiger partial charge in [0.15, 0.2) is 5.76 Å². The minimum absolute atomic E-state index is 0.159. The van der Waals surface area contributed by atoms with Crippen LogP contribution < -0.4 is 10.6 Å². The molecule has 3 rings (SSSR count). The number of hydrogen-bond donors (Lipinski definition) is 2. The fourth-order valence-corrected chi connectivity index (χ4v) is 3.39. The van der Waals surface area contributed by atoms with Crippen molar-refractivity contribution >= 4 is 34.8 Å². The molecule has 1 aromatic carbocycles. The molecule has 2 N–H and O–H groups in total. The maximum absolute atomic E-state index is 12.0. The van der Waals surface area contributed by atoms with Crippen molar-refractivity contribution in [1.82, 2.24) is 15.6 Å². The molecule has 2 aromatic heterocycles. The number of nitrogens with one attached hydrogen (secondary N) is 2. The quantitative estimate of drug-likeness (QED) is 0.608. The number of amides is 2. The predicted octanol–water partition coefficient (Wildman–Crippen LogP) is 3.15. The lowest BCUT2D eigenvalue weighted by Gasteiger charge is -2.05. The molecule has 0 bridgehead atoms. The van der Waals surface area contributed by atoms with E-state index in [1.54, 1.807) is 12.1 Å². The van der Waals surface area contributed by atoms with Gasteiger partial charge in [-0.1, -0.05) is 29.8 Å². The number of aromatic nitrogens is 1. The number of carbonyl (C=O) groups is 2. The summed E-state index contributed by atoms with van der Waals surface area (Å²) in [4.78, 5) is 28.1. The van der Waals surface area contributed by atoms with Gasteiger partial charge in [-0.15, -0.1) is 11.3 Å². The van der Waals surface area contributed by atoms with E-state index < -0.39 is 0 Å². The molecule has 0 aliphatic heterocycles. The Morgan fingerprint density at radius 3 is 2.69 bits per heavy atom. The predicted molar refractivity (Wildman–Crippen MR) is 100 cm³/mol. The van der Waals surface area contributed by atoms with Crippen molar-refractivity contribution in [2.24, 2.45) is 0 Å². The first kappa shape index (κ1) is 18.2. The summed E-state index contributed by atoms with van der Waals surface area (Å²) < 4.78 is 4.98. The molecular formula is C18H16ClN3O3S. The molecular weight excluding hydrogens is 374 g/mol. The third-order valence-electron chi connectivity index (χ3n) is 3.48. The first-order chi connectivity index (χ1) is 12.6. The van der Waals surface area contributed by atoms with Gasteiger partial charge in [0.1, 0.15) is 5.01 Å². The molecule has 2 heterocycles. The Morgan fingerprint density at radius 2 is 1.92 bits per heavy atom. The maximum Gasteiger partial charge on any atom is 0.287 e. The van der Waals surface area contributed by atoms with Crippen molar-refractivity contribution in [3.63, 3.8) is 0 Å². The van der Waals surface area contributed by atoms with Gasteiger partial charge in [0.05, 0.1) is 23.4 Å². The minimum atomic E-state index is -0.312. The summed E-state index contributed by atoms with van der Waals surface area (Å²) in [6.45, 7) is 0.639. The highest BCUT2D eigenvalue weighted by Gasteiger charge is 2.11. The Labute approximate surface area is 159 Å². The first-order valence-corrected chi connectivity index (χ1v) is 9.17. The van der Waals surface area contributed by atoms with E-state index in [0.717, 1.165) is 10.6 Å². The molecule has 0 saturated heterocycles. The average molecular weight is 390 g/mol. The smallest absolute Gasteiger partial charge is 0.287 e. The van der Waals surface area contributed by atoms with Gasteiger partial charge in [0.25, 0.3) is 5.91 Å². The molecule has 134 valence electrons. The van der Waals surface area contributed by atoms with E-state index in [1.807, 2.05) is 29.6 Å². The van der Waals surface area contributed by atoms with Gasteiger partial charge in [-0.25, -0.2) is 4.98 Å². The van der Waals surface area contributed by atoms with Crippen molar-refractivity contribution < 1.29 is 14.0 Å². The molecule has 2 amide bonds. The average Bonchev–Trinajstić information content (AvgIpc) is 3.31. The van der Waals surface area contributed by atoms with Gasteiger partial charge in [-0.05, 0) is 18.2 Å². The lowest BCUT2D eigenvalue weighted by Crippen LogP contribution is -2.35. The second kappa shape index (κ2) is 8.64. The molecule has 0 saturated carbocycles. The second-order valence-corrected chi connectivity index (χ2v) is 6.65. The normalized spacial score (nSPS) is 10.5. The highest BCUT2D eigenvalue weighted by atomic mass is 35.5. The van der Waals surface area contributed by atoms with Crippen LogP contribution in [0.5, 0.6) is 0 Å². The van der Waals surface area contributed by atoms with Gasteiger partial charge >= 0.3 is 0 Å². The van der Waals surface area contributed by atoms with Crippen molar-refractivity contribution in [2.45, 2.75) is 6.42 Å². The van der Waals surface area contributed by atoms with Gasteiger partial charge in [0, 0.05) is 24.0 Å². The van der Waals surface area contributed by atoms with Crippen molar-refractivity contribution in [3.05, 3.63) is 64.5 Å². The van der Waals surface area contributed by atoms with Crippen molar-refractivity contribution in [3.8, 4) is 10.6 Å². The topological polar surface area (TPSA) is 84.2 Å². The molecule has 3 aromatic rings. The SMILES string of the molecule is O=C(Cc1csc(-c2ccccc2Cl)n1)NCCNC(=O)c1ccco1. The van der Waals surface area contributed by atoms with Crippen molar-refractivity contribution in [2.75, 3.05) is 13.1 Å². The van der Waals surface area contributed by atoms with Crippen LogP contribution in [0.4, 0.5) is 0 Å². The van der Waals surface area contributed by atoms with Crippen LogP contribution >= 0.6 is 22.9 Å². The fourth-order valence-electron chi connectivity index (χ4n) is 2.25. The summed E-state index contributed by atoms with van der Waals surface area (Å²) in [6.07, 6.45) is 1.61. The maximum atomic E-state index is 12.0. The standard InChI is InChI=1S/C18H16ClN3O3S/c19-14-5-2-1-4-13(14)18-22-12(11-26-18)10-16(23)20-7-8-21-17(24)15-6-3-9-25-15/h1-6,9,11H,7-8,10H2,(H,20,23)(H,21,24). The fraction of sp³-hybridized carbons (Fsp3) is 0.167. The van der Waals surface area contributed by atoms with Gasteiger partial charge in [0.2, 0.25) is 5.91 Å². The molecule has 0 atom stereocenters. The van der Waals surface area contributed by atoms with Crippen LogP contribution in [0.2, 0.25) is 5.02 Å². The number of rotatable bonds is 7. The van der Waals surface area contributed by atoms with Gasteiger partial charge in [-0.3, -0.25) is 9.59 Å². The summed E-state index contributed by atoms with van der Waals surface area (Å²) >= 11 is 7.61. The van der Waals surface area contributed by atoms with E-state index in [0.29, 0.717) is 23.8 Å². The van der Waals surface area contributed by atoms with Crippen LogP contribution in [0.1, 0.15) is 16.2 Å². The third-order valence-corrected chi connectivity index (χ3v) is 4.73. The van der Waals surface area contributed by atoms with Crippen LogP contribution in [0.3, 0.4) is 0 Å². The summed E-state index contributed by atoms with van der Waals surface area (Å²) in [6, 6.07) is 10.7. The summed E-state index contributed by atoms with van der Waals surface area (Å²) in [7, 11) is 0. The zero-order valence-corrected chi connectivity index (χ0v) is 15.3. The zero-order chi connectivity index (χ0) is 18.4. The first-order valence-electron chi connectivity index (χ1n) is 7.91. The van der Waals surface area contributed by atoms with Crippen LogP contribution in [0.15, 0.2) is 52.5 Å². The molecule has 26 heavy (non-hydrogen) atoms. The lowest BCUT2D eigenvalue weighted by molar-refractivity contribution is -0.120. The minimum Gasteiger partial charge on any atom is -0.459 e. The van der Waals surface area contributed by atoms with Crippen LogP contribution in [0, 0.1) is 0 Å². The number of thiazole rings is 1. The number of carbonyl (C=O) groups excluding carboxylic acids is 2. The number of halogens is 1. The second-order valence-electron chi connectivity index (χ2n) is 5.38. The van der Waals surface area contributed by atoms with Gasteiger partial charge < -0.3 is 15.1 Å². The molecule has 0 spiro atoms. The zero-order valence-electron chi connectivity index (χ0n) is 13.7. The van der Waals surface area contributed by atoms with Crippen LogP contribution in [0.25, 0.3) is 10.6 Å². The van der Waals surface area contributed by atoms with E-state index >= 15 is 0 Å². The molecule has 0 aliphatic rings. The highest BCUT2D eigenvalue weighted by Crippen LogP contribution is 2.30. The summed E-state index contributed by atoms with van der Waals surface area (Å²) in [5.41, 5.74) is 1.54. The Morgan fingerprint density at radius 1 is 1.12 bits per heavy atom. The van der Waals surface area contributed by atoms with E-state index in [-0.39, 0.29) is 24.0 Å². The van der Waals surface area contributed by atoms with Crippen LogP contribution in [-0.2, 0) is 11.2 Å². The van der Waals surface area contributed by atoms with E-state index in [9.17, 15) is 9.59 Å². The molecule has 6 nitrogen and oxygen atoms in total. The molecule has 0 unspecified atom stereocenters. The number of hydrogen-bond acceptors (Lipinski definition) is 5. The number of benzene rings is 1. The summed E-state index contributed by atoms with van der Waals surface area (Å²) in [5.74, 6) is -0.229. The molecule has 0 fully saturated rings. The monoisotopic (exact) mass is 389 g/mol. The lowest BCUT2D eigenvalue weighted by atomic mass is 10.2. The van der Waals surface area contributed by atoms with E-state index in [4.69, 9.17) is 16.0 Å². The summed E-state index contributed by atoms with van der Waals surface area (Å²) in [5, 5.41) is 8.66. The van der Waals surface area contributed by atoms with E-state index in [1.165, 1.54) is 17.6 Å². The largest absolute Gasteiger partial charge is 0.459 e. The van der Waals surface area contributed by atoms with Crippen LogP contribution in [-0.4, -0.2) is 29.9 Å². The van der Waals surface area contributed by atoms with Gasteiger partial charge in [-0.2, -0.15) is 0 Å². The Balaban J connectivity index is 1.44. The Hall–Kier alpha value is -2.64. The Kier molecular flexibility index (Phi) is 6.04. The Bertz CT molecular complexity index is 893. The van der Waals surface area contributed by atoms with Crippen molar-refractivity contribution in [1.29, 1.82) is 0 Å². The molecule has 0 aliphatic carbocycles.